The highest BCUT2D eigenvalue weighted by Crippen LogP contribution is 1.66. The summed E-state index contributed by atoms with van der Waals surface area (Å²) in [5.41, 5.74) is 0. The molecule has 0 heterocycles. The van der Waals surface area contributed by atoms with Gasteiger partial charge in [-0.1, -0.05) is 12.7 Å². The number of rotatable bonds is 1. The third kappa shape index (κ3) is 2.03. The van der Waals surface area contributed by atoms with Crippen molar-refractivity contribution in [1.29, 1.82) is 0 Å². The van der Waals surface area contributed by atoms with Gasteiger partial charge in [-0.2, -0.15) is 0 Å². The normalized spacial score (nSPS) is 6.25. The molecule has 0 aliphatic rings. The zero-order chi connectivity index (χ0) is 3.41. The van der Waals surface area contributed by atoms with Crippen LogP contribution in [0.4, 0.5) is 0 Å². The van der Waals surface area contributed by atoms with Crippen molar-refractivity contribution >= 4 is 11.6 Å². The third-order valence-electron chi connectivity index (χ3n) is 0.0891. The summed E-state index contributed by atoms with van der Waals surface area (Å²) in [5.74, 6) is 0.444. The Morgan fingerprint density at radius 1 is 2.00 bits per heavy atom. The maximum Gasteiger partial charge on any atom is 0.0407 e. The highest BCUT2D eigenvalue weighted by molar-refractivity contribution is 6.18. The van der Waals surface area contributed by atoms with E-state index >= 15 is 0 Å². The molecule has 0 saturated heterocycles. The second-order valence-electron chi connectivity index (χ2n) is 0.390. The Bertz CT molecular complexity index is 17.2. The molecular formula is C3H4Cl. The van der Waals surface area contributed by atoms with Crippen molar-refractivity contribution in [2.45, 2.75) is 0 Å². The van der Waals surface area contributed by atoms with Crippen LogP contribution in [-0.2, 0) is 0 Å². The van der Waals surface area contributed by atoms with Crippen molar-refractivity contribution in [2.24, 2.45) is 0 Å². The predicted molar refractivity (Wildman–Crippen MR) is 19.6 cm³/mol. The van der Waals surface area contributed by atoms with Crippen molar-refractivity contribution in [3.8, 4) is 0 Å². The van der Waals surface area contributed by atoms with Crippen LogP contribution in [0.5, 0.6) is 0 Å². The Labute approximate surface area is 31.1 Å². The van der Waals surface area contributed by atoms with E-state index in [1.54, 1.807) is 0 Å². The van der Waals surface area contributed by atoms with Gasteiger partial charge in [0.1, 0.15) is 0 Å². The smallest absolute Gasteiger partial charge is 0.0407 e. The summed E-state index contributed by atoms with van der Waals surface area (Å²) in [5, 5.41) is 0. The maximum atomic E-state index is 5.01. The van der Waals surface area contributed by atoms with Gasteiger partial charge in [0.2, 0.25) is 0 Å². The Morgan fingerprint density at radius 3 is 2.25 bits per heavy atom. The predicted octanol–water partition coefficient (Wildman–Crippen LogP) is 1.21. The molecule has 0 bridgehead atoms. The highest BCUT2D eigenvalue weighted by atomic mass is 35.5. The number of hydrogen-bond acceptors (Lipinski definition) is 0. The second kappa shape index (κ2) is 3.03. The monoisotopic (exact) mass is 75.0 g/mol. The van der Waals surface area contributed by atoms with Gasteiger partial charge in [0.25, 0.3) is 0 Å². The number of halogens is 1. The number of alkyl halides is 1. The van der Waals surface area contributed by atoms with Gasteiger partial charge in [0.05, 0.1) is 0 Å². The minimum Gasteiger partial charge on any atom is -0.122 e. The van der Waals surface area contributed by atoms with Crippen LogP contribution in [0.25, 0.3) is 0 Å². The van der Waals surface area contributed by atoms with Gasteiger partial charge in [0.15, 0.2) is 0 Å². The largest absolute Gasteiger partial charge is 0.122 e. The maximum absolute atomic E-state index is 5.01. The van der Waals surface area contributed by atoms with Crippen LogP contribution in [0.1, 0.15) is 0 Å². The van der Waals surface area contributed by atoms with Gasteiger partial charge in [-0.3, -0.25) is 0 Å². The molecule has 4 heavy (non-hydrogen) atoms. The van der Waals surface area contributed by atoms with Gasteiger partial charge in [0, 0.05) is 5.88 Å². The SMILES string of the molecule is [CH]=CCCl. The molecule has 0 nitrogen and oxygen atoms in total. The summed E-state index contributed by atoms with van der Waals surface area (Å²) in [4.78, 5) is 0. The molecule has 0 aromatic heterocycles. The molecule has 1 heteroatoms. The minimum absolute atomic E-state index is 0.444. The van der Waals surface area contributed by atoms with Gasteiger partial charge in [-0.25, -0.2) is 0 Å². The third-order valence-corrected chi connectivity index (χ3v) is 0.267. The molecule has 23 valence electrons. The zero-order valence-electron chi connectivity index (χ0n) is 2.24. The van der Waals surface area contributed by atoms with Gasteiger partial charge in [-0.15, -0.1) is 11.6 Å². The van der Waals surface area contributed by atoms with Crippen LogP contribution in [0.15, 0.2) is 6.08 Å². The molecule has 0 rings (SSSR count). The lowest BCUT2D eigenvalue weighted by Gasteiger charge is -1.54. The van der Waals surface area contributed by atoms with Crippen molar-refractivity contribution in [1.82, 2.24) is 0 Å². The fourth-order valence-electron chi connectivity index (χ4n) is 0. The fourth-order valence-corrected chi connectivity index (χ4v) is 0. The molecular weight excluding hydrogens is 71.5 g/mol. The summed E-state index contributed by atoms with van der Waals surface area (Å²) in [6.07, 6.45) is 1.39. The topological polar surface area (TPSA) is 0 Å². The van der Waals surface area contributed by atoms with E-state index in [1.165, 1.54) is 6.08 Å². The van der Waals surface area contributed by atoms with Crippen LogP contribution in [-0.4, -0.2) is 5.88 Å². The van der Waals surface area contributed by atoms with E-state index in [4.69, 9.17) is 18.2 Å². The molecule has 0 aliphatic heterocycles. The summed E-state index contributed by atoms with van der Waals surface area (Å²) in [6.45, 7) is 4.77. The first kappa shape index (κ1) is 4.03. The molecule has 0 atom stereocenters. The lowest BCUT2D eigenvalue weighted by Crippen LogP contribution is -1.45. The van der Waals surface area contributed by atoms with E-state index in [9.17, 15) is 0 Å². The van der Waals surface area contributed by atoms with Crippen LogP contribution in [0, 0.1) is 6.58 Å². The Morgan fingerprint density at radius 2 is 2.25 bits per heavy atom. The first-order valence-corrected chi connectivity index (χ1v) is 1.54. The zero-order valence-corrected chi connectivity index (χ0v) is 3.00. The molecule has 0 aliphatic carbocycles. The van der Waals surface area contributed by atoms with Crippen molar-refractivity contribution < 1.29 is 0 Å². The van der Waals surface area contributed by atoms with Crippen LogP contribution in [0.3, 0.4) is 0 Å². The lowest BCUT2D eigenvalue weighted by molar-refractivity contribution is 1.79. The van der Waals surface area contributed by atoms with Crippen molar-refractivity contribution in [3.05, 3.63) is 12.7 Å². The first-order chi connectivity index (χ1) is 1.91. The minimum atomic E-state index is 0.444. The summed E-state index contributed by atoms with van der Waals surface area (Å²) < 4.78 is 0. The fraction of sp³-hybridized carbons (Fsp3) is 0.333. The van der Waals surface area contributed by atoms with Gasteiger partial charge in [-0.05, 0) is 0 Å². The van der Waals surface area contributed by atoms with E-state index in [0.29, 0.717) is 5.88 Å². The molecule has 0 N–H and O–H groups in total. The van der Waals surface area contributed by atoms with E-state index in [2.05, 4.69) is 0 Å². The van der Waals surface area contributed by atoms with E-state index < -0.39 is 0 Å². The van der Waals surface area contributed by atoms with E-state index in [0.717, 1.165) is 0 Å². The lowest BCUT2D eigenvalue weighted by atomic mass is 10.8. The summed E-state index contributed by atoms with van der Waals surface area (Å²) in [7, 11) is 0. The standard InChI is InChI=1S/C3H4Cl/c1-2-3-4/h1-2H,3H2. The van der Waals surface area contributed by atoms with Crippen LogP contribution in [0.2, 0.25) is 0 Å². The molecule has 0 saturated carbocycles. The van der Waals surface area contributed by atoms with E-state index in [-0.39, 0.29) is 0 Å². The Kier molecular flexibility index (Phi) is 3.05. The molecule has 0 unspecified atom stereocenters. The average molecular weight is 75.5 g/mol. The Balaban J connectivity index is 2.30. The molecule has 0 spiro atoms. The molecule has 0 aromatic rings. The van der Waals surface area contributed by atoms with Gasteiger partial charge < -0.3 is 0 Å². The number of hydrogen-bond donors (Lipinski definition) is 0. The molecule has 0 fully saturated rings. The average Bonchev–Trinajstić information content (AvgIpc) is 1.37. The number of allylic oxidation sites excluding steroid dienone is 1. The quantitative estimate of drug-likeness (QED) is 0.411. The van der Waals surface area contributed by atoms with E-state index in [1.807, 2.05) is 0 Å². The Hall–Kier alpha value is 0.0300. The highest BCUT2D eigenvalue weighted by Gasteiger charge is 1.48. The van der Waals surface area contributed by atoms with Crippen LogP contribution < -0.4 is 0 Å². The summed E-state index contributed by atoms with van der Waals surface area (Å²) >= 11 is 5.01. The molecule has 0 amide bonds. The second-order valence-corrected chi connectivity index (χ2v) is 0.699. The van der Waals surface area contributed by atoms with Crippen molar-refractivity contribution in [3.63, 3.8) is 0 Å². The molecule has 1 radical (unpaired) electrons. The van der Waals surface area contributed by atoms with Gasteiger partial charge >= 0.3 is 0 Å². The van der Waals surface area contributed by atoms with Crippen molar-refractivity contribution in [2.75, 3.05) is 5.88 Å². The summed E-state index contributed by atoms with van der Waals surface area (Å²) in [6, 6.07) is 0. The first-order valence-electron chi connectivity index (χ1n) is 1.01. The molecule has 0 aromatic carbocycles. The van der Waals surface area contributed by atoms with Crippen LogP contribution >= 0.6 is 11.6 Å².